The van der Waals surface area contributed by atoms with Gasteiger partial charge in [-0.05, 0) is 26.2 Å². The molecule has 3 atom stereocenters. The van der Waals surface area contributed by atoms with Crippen LogP contribution in [-0.4, -0.2) is 61.2 Å². The van der Waals surface area contributed by atoms with Crippen LogP contribution < -0.4 is 0 Å². The average Bonchev–Trinajstić information content (AvgIpc) is 2.99. The van der Waals surface area contributed by atoms with Crippen molar-refractivity contribution in [3.63, 3.8) is 0 Å². The van der Waals surface area contributed by atoms with Crippen LogP contribution in [0.25, 0.3) is 0 Å². The van der Waals surface area contributed by atoms with E-state index in [1.54, 1.807) is 4.90 Å². The number of likely N-dealkylation sites (tertiary alicyclic amines) is 1. The first-order valence-corrected chi connectivity index (χ1v) is 7.24. The summed E-state index contributed by atoms with van der Waals surface area (Å²) in [5.41, 5.74) is 0. The van der Waals surface area contributed by atoms with E-state index in [1.165, 1.54) is 6.42 Å². The van der Waals surface area contributed by atoms with Gasteiger partial charge >= 0.3 is 6.09 Å². The van der Waals surface area contributed by atoms with Crippen LogP contribution in [0, 0.1) is 5.92 Å². The molecule has 3 rings (SSSR count). The van der Waals surface area contributed by atoms with Crippen molar-refractivity contribution in [1.82, 2.24) is 9.96 Å². The molecule has 6 nitrogen and oxygen atoms in total. The van der Waals surface area contributed by atoms with Gasteiger partial charge in [-0.1, -0.05) is 0 Å². The number of carbonyl (C=O) groups excluding carboxylic acids is 1. The molecule has 0 aromatic carbocycles. The molecule has 3 saturated heterocycles. The molecule has 0 aromatic rings. The minimum absolute atomic E-state index is 0.0610. The van der Waals surface area contributed by atoms with Gasteiger partial charge in [0.05, 0.1) is 19.3 Å². The van der Waals surface area contributed by atoms with E-state index in [9.17, 15) is 4.79 Å². The highest BCUT2D eigenvalue weighted by molar-refractivity contribution is 5.68. The fourth-order valence-corrected chi connectivity index (χ4v) is 3.17. The molecule has 0 aromatic heterocycles. The van der Waals surface area contributed by atoms with E-state index in [0.717, 1.165) is 26.0 Å². The van der Waals surface area contributed by atoms with Crippen LogP contribution in [0.1, 0.15) is 26.2 Å². The maximum atomic E-state index is 11.8. The summed E-state index contributed by atoms with van der Waals surface area (Å²) in [6, 6.07) is 0.257. The number of hydrogen-bond donors (Lipinski definition) is 0. The molecule has 3 aliphatic heterocycles. The van der Waals surface area contributed by atoms with E-state index in [1.807, 2.05) is 12.0 Å². The van der Waals surface area contributed by atoms with Gasteiger partial charge in [0.1, 0.15) is 6.23 Å². The van der Waals surface area contributed by atoms with Crippen molar-refractivity contribution in [2.45, 2.75) is 38.5 Å². The normalized spacial score (nSPS) is 35.4. The van der Waals surface area contributed by atoms with Crippen molar-refractivity contribution in [2.75, 3.05) is 32.9 Å². The summed E-state index contributed by atoms with van der Waals surface area (Å²) in [6.45, 7) is 5.16. The van der Waals surface area contributed by atoms with Crippen LogP contribution in [-0.2, 0) is 14.3 Å². The standard InChI is InChI=1S/C13H22N2O4/c1-2-17-13(16)14-7-10-9-19-15(11(10)8-14)12-5-3-4-6-18-12/h10-12H,2-9H2,1H3. The predicted molar refractivity (Wildman–Crippen MR) is 67.3 cm³/mol. The molecule has 19 heavy (non-hydrogen) atoms. The van der Waals surface area contributed by atoms with Crippen LogP contribution in [0.2, 0.25) is 0 Å². The highest BCUT2D eigenvalue weighted by Gasteiger charge is 2.47. The summed E-state index contributed by atoms with van der Waals surface area (Å²) in [6.07, 6.45) is 3.19. The second kappa shape index (κ2) is 5.64. The quantitative estimate of drug-likeness (QED) is 0.755. The summed E-state index contributed by atoms with van der Waals surface area (Å²) in [5, 5.41) is 1.99. The van der Waals surface area contributed by atoms with Gasteiger partial charge in [-0.3, -0.25) is 4.84 Å². The predicted octanol–water partition coefficient (Wildman–Crippen LogP) is 1.22. The third-order valence-electron chi connectivity index (χ3n) is 4.14. The Morgan fingerprint density at radius 2 is 2.26 bits per heavy atom. The summed E-state index contributed by atoms with van der Waals surface area (Å²) >= 11 is 0. The van der Waals surface area contributed by atoms with Crippen molar-refractivity contribution >= 4 is 6.09 Å². The van der Waals surface area contributed by atoms with Crippen LogP contribution in [0.3, 0.4) is 0 Å². The molecular weight excluding hydrogens is 248 g/mol. The summed E-state index contributed by atoms with van der Waals surface area (Å²) in [7, 11) is 0. The van der Waals surface area contributed by atoms with Gasteiger partial charge < -0.3 is 14.4 Å². The Balaban J connectivity index is 1.60. The zero-order valence-electron chi connectivity index (χ0n) is 11.4. The fraction of sp³-hybridized carbons (Fsp3) is 0.923. The molecule has 0 aliphatic carbocycles. The van der Waals surface area contributed by atoms with E-state index in [4.69, 9.17) is 14.3 Å². The molecule has 0 bridgehead atoms. The summed E-state index contributed by atoms with van der Waals surface area (Å²) in [4.78, 5) is 19.3. The van der Waals surface area contributed by atoms with Crippen molar-refractivity contribution in [2.24, 2.45) is 5.92 Å². The van der Waals surface area contributed by atoms with E-state index in [0.29, 0.717) is 25.7 Å². The number of hydrogen-bond acceptors (Lipinski definition) is 5. The molecule has 0 radical (unpaired) electrons. The molecule has 3 aliphatic rings. The first kappa shape index (κ1) is 13.1. The number of carbonyl (C=O) groups is 1. The summed E-state index contributed by atoms with van der Waals surface area (Å²) < 4.78 is 10.8. The third kappa shape index (κ3) is 2.57. The zero-order chi connectivity index (χ0) is 13.2. The number of fused-ring (bicyclic) bond motifs is 1. The Morgan fingerprint density at radius 1 is 1.37 bits per heavy atom. The minimum Gasteiger partial charge on any atom is -0.450 e. The topological polar surface area (TPSA) is 51.2 Å². The number of nitrogens with zero attached hydrogens (tertiary/aromatic N) is 2. The second-order valence-electron chi connectivity index (χ2n) is 5.41. The van der Waals surface area contributed by atoms with Gasteiger partial charge in [-0.15, -0.1) is 0 Å². The van der Waals surface area contributed by atoms with E-state index >= 15 is 0 Å². The molecule has 6 heteroatoms. The Morgan fingerprint density at radius 3 is 3.00 bits per heavy atom. The molecule has 0 saturated carbocycles. The van der Waals surface area contributed by atoms with Gasteiger partial charge in [0, 0.05) is 25.6 Å². The summed E-state index contributed by atoms with van der Waals surface area (Å²) in [5.74, 6) is 0.384. The number of hydroxylamine groups is 2. The highest BCUT2D eigenvalue weighted by Crippen LogP contribution is 2.33. The Bertz CT molecular complexity index is 333. The first-order valence-electron chi connectivity index (χ1n) is 7.24. The minimum atomic E-state index is -0.207. The lowest BCUT2D eigenvalue weighted by molar-refractivity contribution is -0.248. The van der Waals surface area contributed by atoms with Gasteiger partial charge in [0.25, 0.3) is 0 Å². The van der Waals surface area contributed by atoms with Crippen LogP contribution in [0.5, 0.6) is 0 Å². The van der Waals surface area contributed by atoms with Gasteiger partial charge in [0.15, 0.2) is 0 Å². The lowest BCUT2D eigenvalue weighted by Gasteiger charge is -2.33. The number of ether oxygens (including phenoxy) is 2. The zero-order valence-corrected chi connectivity index (χ0v) is 11.4. The Hall–Kier alpha value is -0.850. The van der Waals surface area contributed by atoms with Crippen molar-refractivity contribution in [3.05, 3.63) is 0 Å². The Labute approximate surface area is 113 Å². The van der Waals surface area contributed by atoms with Gasteiger partial charge in [-0.25, -0.2) is 4.79 Å². The smallest absolute Gasteiger partial charge is 0.409 e. The molecule has 3 heterocycles. The van der Waals surface area contributed by atoms with E-state index < -0.39 is 0 Å². The molecule has 108 valence electrons. The molecular formula is C13H22N2O4. The largest absolute Gasteiger partial charge is 0.450 e. The highest BCUT2D eigenvalue weighted by atomic mass is 16.7. The van der Waals surface area contributed by atoms with Crippen LogP contribution in [0.4, 0.5) is 4.79 Å². The van der Waals surface area contributed by atoms with Gasteiger partial charge in [0.2, 0.25) is 0 Å². The lowest BCUT2D eigenvalue weighted by Crippen LogP contribution is -2.45. The number of amides is 1. The molecule has 0 spiro atoms. The molecule has 0 N–H and O–H groups in total. The maximum absolute atomic E-state index is 11.8. The molecule has 3 fully saturated rings. The van der Waals surface area contributed by atoms with Crippen molar-refractivity contribution in [1.29, 1.82) is 0 Å². The second-order valence-corrected chi connectivity index (χ2v) is 5.41. The van der Waals surface area contributed by atoms with Gasteiger partial charge in [-0.2, -0.15) is 5.06 Å². The average molecular weight is 270 g/mol. The third-order valence-corrected chi connectivity index (χ3v) is 4.14. The van der Waals surface area contributed by atoms with Crippen LogP contribution in [0.15, 0.2) is 0 Å². The van der Waals surface area contributed by atoms with Crippen molar-refractivity contribution in [3.8, 4) is 0 Å². The number of rotatable bonds is 2. The first-order chi connectivity index (χ1) is 9.29. The molecule has 1 amide bonds. The fourth-order valence-electron chi connectivity index (χ4n) is 3.17. The van der Waals surface area contributed by atoms with Crippen molar-refractivity contribution < 1.29 is 19.1 Å². The monoisotopic (exact) mass is 270 g/mol. The SMILES string of the molecule is CCOC(=O)N1CC2CON(C3CCCCO3)C2C1. The van der Waals surface area contributed by atoms with E-state index in [-0.39, 0.29) is 18.4 Å². The van der Waals surface area contributed by atoms with E-state index in [2.05, 4.69) is 0 Å². The Kier molecular flexibility index (Phi) is 3.91. The molecule has 3 unspecified atom stereocenters. The maximum Gasteiger partial charge on any atom is 0.409 e. The lowest BCUT2D eigenvalue weighted by atomic mass is 10.1. The van der Waals surface area contributed by atoms with Crippen LogP contribution >= 0.6 is 0 Å².